The second-order valence-corrected chi connectivity index (χ2v) is 8.28. The molecule has 3 rings (SSSR count). The van der Waals surface area contributed by atoms with Crippen LogP contribution in [0.4, 0.5) is 0 Å². The number of rotatable bonds is 1. The fourth-order valence-corrected chi connectivity index (χ4v) is 5.81. The quantitative estimate of drug-likeness (QED) is 0.753. The average Bonchev–Trinajstić information content (AvgIpc) is 2.92. The third-order valence-electron chi connectivity index (χ3n) is 4.79. The molecule has 3 fully saturated rings. The summed E-state index contributed by atoms with van der Waals surface area (Å²) in [6, 6.07) is -0.147. The minimum absolute atomic E-state index is 0.0672. The molecule has 5 nitrogen and oxygen atoms in total. The maximum atomic E-state index is 12.5. The molecule has 0 radical (unpaired) electrons. The van der Waals surface area contributed by atoms with Gasteiger partial charge in [-0.15, -0.1) is 0 Å². The van der Waals surface area contributed by atoms with Crippen LogP contribution in [0.1, 0.15) is 38.5 Å². The van der Waals surface area contributed by atoms with Gasteiger partial charge in [-0.25, -0.2) is 8.42 Å². The highest BCUT2D eigenvalue weighted by atomic mass is 32.2. The third-order valence-corrected chi connectivity index (χ3v) is 7.01. The van der Waals surface area contributed by atoms with E-state index in [0.29, 0.717) is 6.54 Å². The topological polar surface area (TPSA) is 66.5 Å². The van der Waals surface area contributed by atoms with E-state index < -0.39 is 9.84 Å². The number of nitrogens with zero attached hydrogens (tertiary/aromatic N) is 1. The number of amides is 1. The van der Waals surface area contributed by atoms with Gasteiger partial charge in [0.05, 0.1) is 17.0 Å². The molecule has 1 N–H and O–H groups in total. The van der Waals surface area contributed by atoms with Gasteiger partial charge in [-0.3, -0.25) is 4.79 Å². The van der Waals surface area contributed by atoms with E-state index in [4.69, 9.17) is 0 Å². The first-order valence-electron chi connectivity index (χ1n) is 7.35. The molecule has 1 amide bonds. The Labute approximate surface area is 114 Å². The van der Waals surface area contributed by atoms with Crippen molar-refractivity contribution in [1.29, 1.82) is 0 Å². The van der Waals surface area contributed by atoms with E-state index >= 15 is 0 Å². The summed E-state index contributed by atoms with van der Waals surface area (Å²) in [4.78, 5) is 14.4. The van der Waals surface area contributed by atoms with E-state index in [1.165, 1.54) is 0 Å². The number of carbonyl (C=O) groups is 1. The lowest BCUT2D eigenvalue weighted by molar-refractivity contribution is -0.136. The molecule has 3 atom stereocenters. The number of carbonyl (C=O) groups excluding carboxylic acids is 1. The van der Waals surface area contributed by atoms with Crippen molar-refractivity contribution in [2.45, 2.75) is 55.9 Å². The summed E-state index contributed by atoms with van der Waals surface area (Å²) in [5.41, 5.74) is 0. The maximum absolute atomic E-state index is 12.5. The molecule has 3 unspecified atom stereocenters. The fourth-order valence-electron chi connectivity index (χ4n) is 3.76. The largest absolute Gasteiger partial charge is 0.336 e. The van der Waals surface area contributed by atoms with Crippen LogP contribution in [-0.4, -0.2) is 55.4 Å². The van der Waals surface area contributed by atoms with Crippen molar-refractivity contribution < 1.29 is 13.2 Å². The van der Waals surface area contributed by atoms with Crippen molar-refractivity contribution in [2.75, 3.05) is 18.8 Å². The van der Waals surface area contributed by atoms with Gasteiger partial charge in [0.25, 0.3) is 0 Å². The predicted octanol–water partition coefficient (Wildman–Crippen LogP) is 0.307. The molecule has 0 aromatic carbocycles. The highest BCUT2D eigenvalue weighted by Gasteiger charge is 2.45. The van der Waals surface area contributed by atoms with Crippen molar-refractivity contribution in [3.63, 3.8) is 0 Å². The van der Waals surface area contributed by atoms with E-state index in [1.54, 1.807) is 0 Å². The Balaban J connectivity index is 1.80. The highest BCUT2D eigenvalue weighted by Crippen LogP contribution is 2.32. The fraction of sp³-hybridized carbons (Fsp3) is 0.923. The Kier molecular flexibility index (Phi) is 3.55. The van der Waals surface area contributed by atoms with E-state index in [-0.39, 0.29) is 29.0 Å². The number of sulfone groups is 1. The van der Waals surface area contributed by atoms with Gasteiger partial charge in [0, 0.05) is 12.6 Å². The van der Waals surface area contributed by atoms with Gasteiger partial charge in [0.2, 0.25) is 5.91 Å². The Morgan fingerprint density at radius 1 is 1.11 bits per heavy atom. The van der Waals surface area contributed by atoms with Crippen molar-refractivity contribution >= 4 is 15.7 Å². The SMILES string of the molecule is O=C(C1CCCN1)N1CCS(=O)(=O)C2CCCCC21. The van der Waals surface area contributed by atoms with Crippen LogP contribution in [-0.2, 0) is 14.6 Å². The third kappa shape index (κ3) is 2.40. The zero-order valence-electron chi connectivity index (χ0n) is 11.2. The molecule has 2 aliphatic heterocycles. The maximum Gasteiger partial charge on any atom is 0.240 e. The minimum atomic E-state index is -2.99. The van der Waals surface area contributed by atoms with Gasteiger partial charge in [-0.2, -0.15) is 0 Å². The first kappa shape index (κ1) is 13.4. The van der Waals surface area contributed by atoms with E-state index in [0.717, 1.165) is 45.1 Å². The lowest BCUT2D eigenvalue weighted by Crippen LogP contribution is -2.60. The Morgan fingerprint density at radius 2 is 1.89 bits per heavy atom. The number of hydrogen-bond acceptors (Lipinski definition) is 4. The Hall–Kier alpha value is -0.620. The van der Waals surface area contributed by atoms with Crippen molar-refractivity contribution in [2.24, 2.45) is 0 Å². The number of hydrogen-bond donors (Lipinski definition) is 1. The second-order valence-electron chi connectivity index (χ2n) is 5.94. The molecular weight excluding hydrogens is 264 g/mol. The van der Waals surface area contributed by atoms with Gasteiger partial charge in [-0.1, -0.05) is 12.8 Å². The number of fused-ring (bicyclic) bond motifs is 1. The smallest absolute Gasteiger partial charge is 0.240 e. The normalized spacial score (nSPS) is 37.9. The standard InChI is InChI=1S/C13H22N2O3S/c16-13(10-4-3-7-14-10)15-8-9-19(17,18)12-6-2-1-5-11(12)15/h10-12,14H,1-9H2. The zero-order chi connectivity index (χ0) is 13.5. The summed E-state index contributed by atoms with van der Waals surface area (Å²) in [7, 11) is -2.99. The molecule has 1 saturated carbocycles. The molecule has 2 heterocycles. The van der Waals surface area contributed by atoms with Crippen molar-refractivity contribution in [1.82, 2.24) is 10.2 Å². The molecular formula is C13H22N2O3S. The molecule has 0 spiro atoms. The molecule has 3 aliphatic rings. The van der Waals surface area contributed by atoms with E-state index in [1.807, 2.05) is 4.90 Å². The lowest BCUT2D eigenvalue weighted by Gasteiger charge is -2.44. The molecule has 2 saturated heterocycles. The Bertz CT molecular complexity index is 457. The van der Waals surface area contributed by atoms with Crippen LogP contribution in [0.3, 0.4) is 0 Å². The Morgan fingerprint density at radius 3 is 2.63 bits per heavy atom. The van der Waals surface area contributed by atoms with Gasteiger partial charge >= 0.3 is 0 Å². The van der Waals surface area contributed by atoms with E-state index in [2.05, 4.69) is 5.32 Å². The van der Waals surface area contributed by atoms with Crippen LogP contribution < -0.4 is 5.32 Å². The van der Waals surface area contributed by atoms with Crippen LogP contribution >= 0.6 is 0 Å². The average molecular weight is 286 g/mol. The van der Waals surface area contributed by atoms with Crippen LogP contribution in [0.25, 0.3) is 0 Å². The summed E-state index contributed by atoms with van der Waals surface area (Å²) >= 11 is 0. The summed E-state index contributed by atoms with van der Waals surface area (Å²) in [6.07, 6.45) is 5.52. The molecule has 0 bridgehead atoms. The summed E-state index contributed by atoms with van der Waals surface area (Å²) in [6.45, 7) is 1.29. The molecule has 0 aromatic rings. The van der Waals surface area contributed by atoms with Gasteiger partial charge < -0.3 is 10.2 Å². The summed E-state index contributed by atoms with van der Waals surface area (Å²) in [5, 5.41) is 2.92. The summed E-state index contributed by atoms with van der Waals surface area (Å²) < 4.78 is 24.3. The van der Waals surface area contributed by atoms with Gasteiger partial charge in [0.15, 0.2) is 9.84 Å². The number of nitrogens with one attached hydrogen (secondary N) is 1. The predicted molar refractivity (Wildman–Crippen MR) is 72.6 cm³/mol. The zero-order valence-corrected chi connectivity index (χ0v) is 12.0. The van der Waals surface area contributed by atoms with Crippen LogP contribution in [0, 0.1) is 0 Å². The van der Waals surface area contributed by atoms with Gasteiger partial charge in [0.1, 0.15) is 0 Å². The molecule has 19 heavy (non-hydrogen) atoms. The van der Waals surface area contributed by atoms with Gasteiger partial charge in [-0.05, 0) is 32.2 Å². The van der Waals surface area contributed by atoms with Crippen LogP contribution in [0.15, 0.2) is 0 Å². The monoisotopic (exact) mass is 286 g/mol. The highest BCUT2D eigenvalue weighted by molar-refractivity contribution is 7.92. The molecule has 6 heteroatoms. The van der Waals surface area contributed by atoms with Crippen LogP contribution in [0.2, 0.25) is 0 Å². The first-order valence-corrected chi connectivity index (χ1v) is 9.06. The molecule has 0 aromatic heterocycles. The second kappa shape index (κ2) is 5.05. The summed E-state index contributed by atoms with van der Waals surface area (Å²) in [5.74, 6) is 0.274. The molecule has 108 valence electrons. The first-order chi connectivity index (χ1) is 9.09. The lowest BCUT2D eigenvalue weighted by atomic mass is 9.92. The van der Waals surface area contributed by atoms with Crippen LogP contribution in [0.5, 0.6) is 0 Å². The van der Waals surface area contributed by atoms with Crippen molar-refractivity contribution in [3.05, 3.63) is 0 Å². The molecule has 1 aliphatic carbocycles. The van der Waals surface area contributed by atoms with E-state index in [9.17, 15) is 13.2 Å². The minimum Gasteiger partial charge on any atom is -0.336 e. The van der Waals surface area contributed by atoms with Crippen molar-refractivity contribution in [3.8, 4) is 0 Å².